The number of hydrogen-bond donors (Lipinski definition) is 2. The maximum absolute atomic E-state index is 13.8. The zero-order valence-electron chi connectivity index (χ0n) is 22.3. The summed E-state index contributed by atoms with van der Waals surface area (Å²) in [7, 11) is -3.99. The fourth-order valence-electron chi connectivity index (χ4n) is 4.37. The Morgan fingerprint density at radius 3 is 2.33 bits per heavy atom. The van der Waals surface area contributed by atoms with Gasteiger partial charge in [-0.2, -0.15) is 4.31 Å². The third-order valence-corrected chi connectivity index (χ3v) is 8.03. The number of hydrogen-bond acceptors (Lipinski definition) is 6. The van der Waals surface area contributed by atoms with Gasteiger partial charge in [0.2, 0.25) is 10.0 Å². The fraction of sp³-hybridized carbons (Fsp3) is 0.310. The molecule has 40 heavy (non-hydrogen) atoms. The lowest BCUT2D eigenvalue weighted by molar-refractivity contribution is -0.139. The molecule has 212 valence electrons. The van der Waals surface area contributed by atoms with Crippen molar-refractivity contribution in [3.05, 3.63) is 95.8 Å². The zero-order valence-corrected chi connectivity index (χ0v) is 23.2. The Morgan fingerprint density at radius 2 is 1.70 bits per heavy atom. The van der Waals surface area contributed by atoms with E-state index in [-0.39, 0.29) is 30.2 Å². The molecule has 1 amide bonds. The van der Waals surface area contributed by atoms with Crippen molar-refractivity contribution in [2.24, 2.45) is 0 Å². The number of sulfonamides is 1. The number of ether oxygens (including phenoxy) is 2. The van der Waals surface area contributed by atoms with Gasteiger partial charge >= 0.3 is 12.1 Å². The summed E-state index contributed by atoms with van der Waals surface area (Å²) in [6.07, 6.45) is -1.05. The number of amides is 1. The van der Waals surface area contributed by atoms with E-state index in [1.807, 2.05) is 30.3 Å². The lowest BCUT2D eigenvalue weighted by Gasteiger charge is -2.48. The van der Waals surface area contributed by atoms with Crippen molar-refractivity contribution >= 4 is 22.1 Å². The molecule has 1 atom stereocenters. The molecule has 1 fully saturated rings. The summed E-state index contributed by atoms with van der Waals surface area (Å²) in [5, 5.41) is 11.9. The molecular weight excluding hydrogens is 539 g/mol. The van der Waals surface area contributed by atoms with Gasteiger partial charge < -0.3 is 19.9 Å². The number of nitrogens with zero attached hydrogens (tertiary/aromatic N) is 1. The summed E-state index contributed by atoms with van der Waals surface area (Å²) in [5.74, 6) is -1.48. The van der Waals surface area contributed by atoms with Gasteiger partial charge in [0, 0.05) is 12.5 Å². The van der Waals surface area contributed by atoms with Gasteiger partial charge in [0.1, 0.15) is 23.2 Å². The summed E-state index contributed by atoms with van der Waals surface area (Å²) in [6.45, 7) is 4.93. The van der Waals surface area contributed by atoms with Crippen LogP contribution in [-0.4, -0.2) is 54.6 Å². The molecule has 1 saturated heterocycles. The number of rotatable bonds is 9. The molecular formula is C29H31FN2O7S. The molecule has 2 N–H and O–H groups in total. The second-order valence-corrected chi connectivity index (χ2v) is 12.5. The van der Waals surface area contributed by atoms with Crippen LogP contribution in [0.2, 0.25) is 0 Å². The van der Waals surface area contributed by atoms with Crippen molar-refractivity contribution in [2.75, 3.05) is 13.1 Å². The molecule has 3 aromatic carbocycles. The number of alkyl carbamates (subject to hydrolysis) is 1. The standard InChI is InChI=1S/C29H31FN2O7S/c1-28(2,3)39-27(35)31-25(26(33)34)16-20-9-7-14-24(15-20)40(36,37)32-18-29(19-32,21-10-5-4-6-11-21)38-23-13-8-12-22(30)17-23/h4-15,17,25H,16,18-19H2,1-3H3,(H,31,35)(H,33,34)/t25-/m0/s1. The van der Waals surface area contributed by atoms with Crippen LogP contribution in [0.4, 0.5) is 9.18 Å². The molecule has 0 saturated carbocycles. The van der Waals surface area contributed by atoms with Crippen LogP contribution < -0.4 is 10.1 Å². The molecule has 0 unspecified atom stereocenters. The first-order valence-electron chi connectivity index (χ1n) is 12.6. The van der Waals surface area contributed by atoms with Crippen LogP contribution in [0.25, 0.3) is 0 Å². The number of nitrogens with one attached hydrogen (secondary N) is 1. The Labute approximate surface area is 232 Å². The van der Waals surface area contributed by atoms with Crippen LogP contribution in [0.5, 0.6) is 5.75 Å². The Balaban J connectivity index is 1.53. The lowest BCUT2D eigenvalue weighted by Crippen LogP contribution is -2.64. The largest absolute Gasteiger partial charge is 0.480 e. The van der Waals surface area contributed by atoms with E-state index >= 15 is 0 Å². The Morgan fingerprint density at radius 1 is 1.02 bits per heavy atom. The molecule has 4 rings (SSSR count). The highest BCUT2D eigenvalue weighted by atomic mass is 32.2. The minimum Gasteiger partial charge on any atom is -0.480 e. The van der Waals surface area contributed by atoms with Crippen molar-refractivity contribution < 1.29 is 37.0 Å². The first kappa shape index (κ1) is 29.0. The summed E-state index contributed by atoms with van der Waals surface area (Å²) in [5.41, 5.74) is -0.690. The van der Waals surface area contributed by atoms with Gasteiger partial charge in [-0.3, -0.25) is 0 Å². The van der Waals surface area contributed by atoms with Crippen molar-refractivity contribution in [3.63, 3.8) is 0 Å². The third-order valence-electron chi connectivity index (χ3n) is 6.24. The number of carbonyl (C=O) groups is 2. The van der Waals surface area contributed by atoms with E-state index in [4.69, 9.17) is 9.47 Å². The highest BCUT2D eigenvalue weighted by Gasteiger charge is 2.52. The van der Waals surface area contributed by atoms with Gasteiger partial charge in [-0.25, -0.2) is 22.4 Å². The molecule has 1 aliphatic heterocycles. The molecule has 1 heterocycles. The summed E-state index contributed by atoms with van der Waals surface area (Å²) in [4.78, 5) is 23.9. The van der Waals surface area contributed by atoms with Crippen molar-refractivity contribution in [1.82, 2.24) is 9.62 Å². The number of carbonyl (C=O) groups excluding carboxylic acids is 1. The first-order valence-corrected chi connectivity index (χ1v) is 14.0. The monoisotopic (exact) mass is 570 g/mol. The summed E-state index contributed by atoms with van der Waals surface area (Å²) >= 11 is 0. The van der Waals surface area contributed by atoms with Crippen LogP contribution >= 0.6 is 0 Å². The van der Waals surface area contributed by atoms with Crippen LogP contribution in [0.15, 0.2) is 83.8 Å². The zero-order chi connectivity index (χ0) is 29.1. The summed E-state index contributed by atoms with van der Waals surface area (Å²) in [6, 6.07) is 19.4. The van der Waals surface area contributed by atoms with E-state index in [1.54, 1.807) is 32.9 Å². The molecule has 3 aromatic rings. The molecule has 1 aliphatic rings. The van der Waals surface area contributed by atoms with Gasteiger partial charge in [0.25, 0.3) is 0 Å². The number of benzene rings is 3. The van der Waals surface area contributed by atoms with Crippen LogP contribution in [0.1, 0.15) is 31.9 Å². The SMILES string of the molecule is CC(C)(C)OC(=O)N[C@@H](Cc1cccc(S(=O)(=O)N2CC(Oc3cccc(F)c3)(c3ccccc3)C2)c1)C(=O)O. The number of carboxylic acid groups (broad SMARTS) is 1. The Kier molecular flexibility index (Phi) is 8.18. The van der Waals surface area contributed by atoms with Gasteiger partial charge in [0.15, 0.2) is 5.60 Å². The molecule has 11 heteroatoms. The van der Waals surface area contributed by atoms with E-state index in [9.17, 15) is 27.5 Å². The average Bonchev–Trinajstić information content (AvgIpc) is 2.85. The molecule has 0 aliphatic carbocycles. The highest BCUT2D eigenvalue weighted by Crippen LogP contribution is 2.40. The number of carboxylic acids is 1. The maximum Gasteiger partial charge on any atom is 0.408 e. The molecule has 0 spiro atoms. The van der Waals surface area contributed by atoms with Gasteiger partial charge in [-0.1, -0.05) is 48.5 Å². The molecule has 0 bridgehead atoms. The van der Waals surface area contributed by atoms with Crippen molar-refractivity contribution in [1.29, 1.82) is 0 Å². The molecule has 0 aromatic heterocycles. The summed E-state index contributed by atoms with van der Waals surface area (Å²) < 4.78 is 53.5. The fourth-order valence-corrected chi connectivity index (χ4v) is 5.97. The smallest absolute Gasteiger partial charge is 0.408 e. The number of halogens is 1. The van der Waals surface area contributed by atoms with Gasteiger partial charge in [0.05, 0.1) is 18.0 Å². The van der Waals surface area contributed by atoms with Crippen LogP contribution in [0, 0.1) is 5.82 Å². The second kappa shape index (κ2) is 11.3. The molecule has 0 radical (unpaired) electrons. The number of aliphatic carboxylic acids is 1. The predicted molar refractivity (Wildman–Crippen MR) is 145 cm³/mol. The Bertz CT molecular complexity index is 1480. The quantitative estimate of drug-likeness (QED) is 0.393. The Hall–Kier alpha value is -3.96. The van der Waals surface area contributed by atoms with Crippen LogP contribution in [0.3, 0.4) is 0 Å². The van der Waals surface area contributed by atoms with E-state index < -0.39 is 45.1 Å². The predicted octanol–water partition coefficient (Wildman–Crippen LogP) is 4.32. The third kappa shape index (κ3) is 6.78. The van der Waals surface area contributed by atoms with Crippen molar-refractivity contribution in [2.45, 2.75) is 49.3 Å². The average molecular weight is 571 g/mol. The lowest BCUT2D eigenvalue weighted by atomic mass is 9.87. The molecule has 9 nitrogen and oxygen atoms in total. The minimum absolute atomic E-state index is 0.0158. The van der Waals surface area contributed by atoms with Gasteiger partial charge in [-0.15, -0.1) is 0 Å². The van der Waals surface area contributed by atoms with Gasteiger partial charge in [-0.05, 0) is 56.2 Å². The van der Waals surface area contributed by atoms with Crippen molar-refractivity contribution in [3.8, 4) is 5.75 Å². The first-order chi connectivity index (χ1) is 18.8. The van der Waals surface area contributed by atoms with E-state index in [2.05, 4.69) is 5.32 Å². The highest BCUT2D eigenvalue weighted by molar-refractivity contribution is 7.89. The van der Waals surface area contributed by atoms with E-state index in [1.165, 1.54) is 40.7 Å². The van der Waals surface area contributed by atoms with E-state index in [0.717, 1.165) is 5.56 Å². The normalized spacial score (nSPS) is 15.9. The van der Waals surface area contributed by atoms with E-state index in [0.29, 0.717) is 5.56 Å². The topological polar surface area (TPSA) is 122 Å². The second-order valence-electron chi connectivity index (χ2n) is 10.6. The maximum atomic E-state index is 13.8. The van der Waals surface area contributed by atoms with Crippen LogP contribution in [-0.2, 0) is 31.6 Å². The minimum atomic E-state index is -3.99.